The van der Waals surface area contributed by atoms with Crippen LogP contribution in [0.25, 0.3) is 0 Å². The van der Waals surface area contributed by atoms with Gasteiger partial charge in [0.2, 0.25) is 0 Å². The number of hydrogen-bond acceptors (Lipinski definition) is 4. The number of hydrogen-bond donors (Lipinski definition) is 1. The van der Waals surface area contributed by atoms with Crippen LogP contribution in [0.15, 0.2) is 24.3 Å². The van der Waals surface area contributed by atoms with E-state index in [1.54, 1.807) is 18.2 Å². The van der Waals surface area contributed by atoms with E-state index in [-0.39, 0.29) is 5.69 Å². The summed E-state index contributed by atoms with van der Waals surface area (Å²) in [6.07, 6.45) is 0. The Kier molecular flexibility index (Phi) is 1.15. The van der Waals surface area contributed by atoms with E-state index in [0.717, 1.165) is 0 Å². The Hall–Kier alpha value is -1.14. The molecule has 58 valence electrons. The summed E-state index contributed by atoms with van der Waals surface area (Å²) >= 11 is 0. The van der Waals surface area contributed by atoms with Crippen LogP contribution in [-0.4, -0.2) is 0 Å². The number of nitrogens with one attached hydrogen (secondary N) is 1. The van der Waals surface area contributed by atoms with Gasteiger partial charge in [0.15, 0.2) is 5.69 Å². The van der Waals surface area contributed by atoms with Gasteiger partial charge in [0.25, 0.3) is 0 Å². The molecule has 0 saturated carbocycles. The van der Waals surface area contributed by atoms with E-state index in [9.17, 15) is 10.4 Å². The van der Waals surface area contributed by atoms with Crippen molar-refractivity contribution in [2.24, 2.45) is 0 Å². The number of rotatable bonds is 0. The van der Waals surface area contributed by atoms with E-state index >= 15 is 0 Å². The minimum atomic E-state index is -2.06. The van der Waals surface area contributed by atoms with Crippen LogP contribution in [0.4, 0.5) is 11.4 Å². The molecule has 0 bridgehead atoms. The van der Waals surface area contributed by atoms with Gasteiger partial charge >= 0.3 is 0 Å². The molecule has 1 aliphatic rings. The highest BCUT2D eigenvalue weighted by Gasteiger charge is 2.24. The predicted molar refractivity (Wildman–Crippen MR) is 39.7 cm³/mol. The Morgan fingerprint density at radius 1 is 1.27 bits per heavy atom. The van der Waals surface area contributed by atoms with E-state index in [2.05, 4.69) is 10.4 Å². The average molecular weight is 153 g/mol. The Balaban J connectivity index is 2.56. The molecule has 0 fully saturated rings. The first-order chi connectivity index (χ1) is 5.20. The molecule has 1 aromatic rings. The fraction of sp³-hybridized carbons (Fsp3) is 0. The molecule has 0 unspecified atom stereocenters. The van der Waals surface area contributed by atoms with Crippen molar-refractivity contribution in [2.75, 3.05) is 5.48 Å². The zero-order chi connectivity index (χ0) is 7.90. The summed E-state index contributed by atoms with van der Waals surface area (Å²) in [4.78, 5) is 2.13. The van der Waals surface area contributed by atoms with E-state index < -0.39 is 4.97 Å². The van der Waals surface area contributed by atoms with E-state index in [4.69, 9.17) is 0 Å². The summed E-state index contributed by atoms with van der Waals surface area (Å²) in [6, 6.07) is 6.35. The lowest BCUT2D eigenvalue weighted by molar-refractivity contribution is -0.0195. The quantitative estimate of drug-likeness (QED) is 0.450. The van der Waals surface area contributed by atoms with Crippen molar-refractivity contribution in [1.29, 1.82) is 0 Å². The maximum atomic E-state index is 10.8. The molecule has 0 radical (unpaired) electrons. The largest absolute Gasteiger partial charge is 0.590 e. The number of fused-ring (bicyclic) bond motifs is 1. The second-order valence-electron chi connectivity index (χ2n) is 2.21. The monoisotopic (exact) mass is 153 g/mol. The summed E-state index contributed by atoms with van der Waals surface area (Å²) in [5, 5.41) is 21.6. The zero-order valence-electron chi connectivity index (χ0n) is 5.48. The second kappa shape index (κ2) is 1.93. The molecule has 0 saturated heterocycles. The first-order valence-corrected chi connectivity index (χ1v) is 3.05. The summed E-state index contributed by atoms with van der Waals surface area (Å²) in [6.45, 7) is 0. The van der Waals surface area contributed by atoms with Crippen molar-refractivity contribution in [3.63, 3.8) is 0 Å². The third-order valence-corrected chi connectivity index (χ3v) is 1.47. The van der Waals surface area contributed by atoms with Crippen molar-refractivity contribution in [2.45, 2.75) is 0 Å². The average Bonchev–Trinajstić information content (AvgIpc) is 2.29. The van der Waals surface area contributed by atoms with Gasteiger partial charge < -0.3 is 10.4 Å². The summed E-state index contributed by atoms with van der Waals surface area (Å²) < 4.78 is 0. The Bertz CT molecular complexity index is 287. The van der Waals surface area contributed by atoms with Crippen LogP contribution in [0, 0.1) is 10.4 Å². The highest BCUT2D eigenvalue weighted by Crippen LogP contribution is 2.35. The van der Waals surface area contributed by atoms with Crippen LogP contribution in [0.2, 0.25) is 0 Å². The standard InChI is InChI=1S/C6H5N2O3/c9-8(10)6-4-2-1-3-5(6)7-11-8/h1-4,7H/q-1. The lowest BCUT2D eigenvalue weighted by Gasteiger charge is -2.34. The van der Waals surface area contributed by atoms with Crippen molar-refractivity contribution in [1.82, 2.24) is 4.97 Å². The Morgan fingerprint density at radius 2 is 2.00 bits per heavy atom. The second-order valence-corrected chi connectivity index (χ2v) is 2.21. The molecule has 0 aromatic heterocycles. The molecule has 5 nitrogen and oxygen atoms in total. The minimum Gasteiger partial charge on any atom is -0.590 e. The molecule has 2 rings (SSSR count). The van der Waals surface area contributed by atoms with Gasteiger partial charge in [-0.1, -0.05) is 17.1 Å². The zero-order valence-corrected chi connectivity index (χ0v) is 5.48. The predicted octanol–water partition coefficient (Wildman–Crippen LogP) is 1.26. The maximum absolute atomic E-state index is 10.8. The highest BCUT2D eigenvalue weighted by molar-refractivity contribution is 5.69. The summed E-state index contributed by atoms with van der Waals surface area (Å²) in [7, 11) is 0. The van der Waals surface area contributed by atoms with Gasteiger partial charge in [-0.3, -0.25) is 0 Å². The van der Waals surface area contributed by atoms with Crippen LogP contribution in [0.1, 0.15) is 0 Å². The topological polar surface area (TPSA) is 67.4 Å². The summed E-state index contributed by atoms with van der Waals surface area (Å²) in [5.41, 5.74) is 2.71. The van der Waals surface area contributed by atoms with Crippen molar-refractivity contribution < 1.29 is 4.94 Å². The van der Waals surface area contributed by atoms with Gasteiger partial charge in [-0.15, -0.1) is 0 Å². The molecule has 5 heteroatoms. The van der Waals surface area contributed by atoms with Crippen molar-refractivity contribution in [3.8, 4) is 0 Å². The fourth-order valence-electron chi connectivity index (χ4n) is 0.957. The molecule has 1 aromatic carbocycles. The van der Waals surface area contributed by atoms with E-state index in [0.29, 0.717) is 5.69 Å². The fourth-order valence-corrected chi connectivity index (χ4v) is 0.957. The first-order valence-electron chi connectivity index (χ1n) is 3.05. The molecule has 0 atom stereocenters. The molecule has 1 aliphatic heterocycles. The van der Waals surface area contributed by atoms with Gasteiger partial charge in [-0.25, -0.2) is 5.48 Å². The minimum absolute atomic E-state index is 0.0486. The van der Waals surface area contributed by atoms with Crippen molar-refractivity contribution >= 4 is 11.4 Å². The Labute approximate surface area is 62.5 Å². The maximum Gasteiger partial charge on any atom is 0.194 e. The number of para-hydroxylation sites is 1. The Morgan fingerprint density at radius 3 is 2.73 bits per heavy atom. The van der Waals surface area contributed by atoms with Gasteiger partial charge in [0, 0.05) is 6.07 Å². The van der Waals surface area contributed by atoms with Crippen LogP contribution < -0.4 is 10.5 Å². The van der Waals surface area contributed by atoms with Crippen LogP contribution in [-0.2, 0) is 4.94 Å². The van der Waals surface area contributed by atoms with Crippen molar-refractivity contribution in [3.05, 3.63) is 34.7 Å². The lowest BCUT2D eigenvalue weighted by atomic mass is 10.3. The van der Waals surface area contributed by atoms with Gasteiger partial charge in [0.1, 0.15) is 5.69 Å². The smallest absolute Gasteiger partial charge is 0.194 e. The highest BCUT2D eigenvalue weighted by atomic mass is 17.2. The number of anilines is 1. The molecule has 0 amide bonds. The van der Waals surface area contributed by atoms with Gasteiger partial charge in [-0.2, -0.15) is 4.97 Å². The van der Waals surface area contributed by atoms with E-state index in [1.165, 1.54) is 6.07 Å². The van der Waals surface area contributed by atoms with Gasteiger partial charge in [0.05, 0.1) is 0 Å². The first kappa shape index (κ1) is 6.56. The molecule has 11 heavy (non-hydrogen) atoms. The van der Waals surface area contributed by atoms with Crippen LogP contribution in [0.5, 0.6) is 0 Å². The van der Waals surface area contributed by atoms with Gasteiger partial charge in [-0.05, 0) is 6.07 Å². The van der Waals surface area contributed by atoms with Crippen LogP contribution in [0.3, 0.4) is 0 Å². The summed E-state index contributed by atoms with van der Waals surface area (Å²) in [5.74, 6) is 0. The molecule has 1 heterocycles. The number of benzene rings is 1. The SMILES string of the molecule is [O-][N+]1([O-])ONc2ccccc21. The number of nitrogens with zero attached hydrogens (tertiary/aromatic N) is 1. The number of quaternary nitrogens is 1. The molecular formula is C6H5N2O3-. The molecule has 0 aliphatic carbocycles. The molecular weight excluding hydrogens is 148 g/mol. The third-order valence-electron chi connectivity index (χ3n) is 1.47. The lowest BCUT2D eigenvalue weighted by Crippen LogP contribution is -2.32. The molecule has 0 spiro atoms. The molecule has 1 N–H and O–H groups in total. The van der Waals surface area contributed by atoms with Crippen LogP contribution >= 0.6 is 0 Å². The normalized spacial score (nSPS) is 19.1. The van der Waals surface area contributed by atoms with E-state index in [1.807, 2.05) is 0 Å². The third kappa shape index (κ3) is 0.873.